The van der Waals surface area contributed by atoms with Gasteiger partial charge in [-0.25, -0.2) is 4.79 Å². The second kappa shape index (κ2) is 5.87. The smallest absolute Gasteiger partial charge is 0.318 e. The summed E-state index contributed by atoms with van der Waals surface area (Å²) in [6.45, 7) is 2.65. The molecule has 0 unspecified atom stereocenters. The van der Waals surface area contributed by atoms with Crippen LogP contribution in [-0.2, 0) is 11.3 Å². The summed E-state index contributed by atoms with van der Waals surface area (Å²) in [4.78, 5) is 21.4. The fourth-order valence-electron chi connectivity index (χ4n) is 1.30. The minimum absolute atomic E-state index is 0.0667. The molecule has 0 radical (unpaired) electrons. The summed E-state index contributed by atoms with van der Waals surface area (Å²) in [5.41, 5.74) is 7.08. The van der Waals surface area contributed by atoms with Gasteiger partial charge in [-0.05, 0) is 18.1 Å². The van der Waals surface area contributed by atoms with Gasteiger partial charge in [0.15, 0.2) is 0 Å². The Morgan fingerprint density at radius 1 is 1.31 bits per heavy atom. The Morgan fingerprint density at radius 3 is 2.62 bits per heavy atom. The molecule has 0 heterocycles. The number of benzene rings is 1. The highest BCUT2D eigenvalue weighted by Gasteiger charge is 2.03. The Kier molecular flexibility index (Phi) is 4.47. The number of aryl methyl sites for hydroxylation is 1. The Bertz CT molecular complexity index is 391. The highest BCUT2D eigenvalue weighted by molar-refractivity contribution is 5.94. The van der Waals surface area contributed by atoms with E-state index in [4.69, 9.17) is 5.73 Å². The second-order valence-electron chi connectivity index (χ2n) is 3.44. The van der Waals surface area contributed by atoms with Crippen LogP contribution in [0.25, 0.3) is 0 Å². The summed E-state index contributed by atoms with van der Waals surface area (Å²) in [5, 5.41) is 4.91. The van der Waals surface area contributed by atoms with E-state index in [2.05, 4.69) is 5.32 Å². The molecule has 1 aromatic rings. The van der Waals surface area contributed by atoms with Crippen molar-refractivity contribution in [2.24, 2.45) is 5.73 Å². The standard InChI is InChI=1S/C11H15N3O2/c1-8-4-2-3-5-9(8)6-13-7-10(15)14-11(12)16/h2-5,13H,6-7H2,1H3,(H3,12,14,15,16). The van der Waals surface area contributed by atoms with Crippen molar-refractivity contribution in [2.75, 3.05) is 6.54 Å². The number of imide groups is 1. The molecule has 86 valence electrons. The third kappa shape index (κ3) is 4.10. The molecule has 4 N–H and O–H groups in total. The molecule has 3 amide bonds. The molecule has 5 heteroatoms. The van der Waals surface area contributed by atoms with Gasteiger partial charge >= 0.3 is 6.03 Å². The lowest BCUT2D eigenvalue weighted by molar-refractivity contribution is -0.119. The Morgan fingerprint density at radius 2 is 2.00 bits per heavy atom. The van der Waals surface area contributed by atoms with Gasteiger partial charge in [0.1, 0.15) is 0 Å². The molecular formula is C11H15N3O2. The van der Waals surface area contributed by atoms with Gasteiger partial charge in [-0.1, -0.05) is 24.3 Å². The van der Waals surface area contributed by atoms with E-state index in [-0.39, 0.29) is 6.54 Å². The van der Waals surface area contributed by atoms with Crippen LogP contribution >= 0.6 is 0 Å². The number of hydrogen-bond donors (Lipinski definition) is 3. The minimum Gasteiger partial charge on any atom is -0.351 e. The van der Waals surface area contributed by atoms with Gasteiger partial charge < -0.3 is 11.1 Å². The summed E-state index contributed by atoms with van der Waals surface area (Å²) < 4.78 is 0. The third-order valence-electron chi connectivity index (χ3n) is 2.12. The van der Waals surface area contributed by atoms with Crippen molar-refractivity contribution < 1.29 is 9.59 Å². The molecule has 0 fully saturated rings. The molecule has 0 spiro atoms. The Balaban J connectivity index is 2.33. The van der Waals surface area contributed by atoms with Crippen LogP contribution in [0.2, 0.25) is 0 Å². The molecule has 5 nitrogen and oxygen atoms in total. The highest BCUT2D eigenvalue weighted by atomic mass is 16.2. The number of nitrogens with two attached hydrogens (primary N) is 1. The molecule has 0 bridgehead atoms. The summed E-state index contributed by atoms with van der Waals surface area (Å²) in [5.74, 6) is -0.430. The predicted octanol–water partition coefficient (Wildman–Crippen LogP) is 0.280. The first-order valence-corrected chi connectivity index (χ1v) is 4.94. The van der Waals surface area contributed by atoms with Gasteiger partial charge in [0.05, 0.1) is 6.54 Å². The van der Waals surface area contributed by atoms with Crippen molar-refractivity contribution in [2.45, 2.75) is 13.5 Å². The van der Waals surface area contributed by atoms with Crippen LogP contribution in [0.1, 0.15) is 11.1 Å². The molecule has 16 heavy (non-hydrogen) atoms. The van der Waals surface area contributed by atoms with Gasteiger partial charge in [0.25, 0.3) is 0 Å². The van der Waals surface area contributed by atoms with Gasteiger partial charge in [0, 0.05) is 6.54 Å². The highest BCUT2D eigenvalue weighted by Crippen LogP contribution is 2.05. The minimum atomic E-state index is -0.831. The van der Waals surface area contributed by atoms with Crippen LogP contribution in [0.3, 0.4) is 0 Å². The molecule has 0 saturated heterocycles. The molecule has 0 aliphatic rings. The molecule has 1 aromatic carbocycles. The number of amides is 3. The summed E-state index contributed by atoms with van der Waals surface area (Å²) in [6, 6.07) is 7.05. The Labute approximate surface area is 94.0 Å². The van der Waals surface area contributed by atoms with Crippen molar-refractivity contribution in [3.63, 3.8) is 0 Å². The van der Waals surface area contributed by atoms with Gasteiger partial charge in [-0.2, -0.15) is 0 Å². The largest absolute Gasteiger partial charge is 0.351 e. The summed E-state index contributed by atoms with van der Waals surface area (Å²) in [6.07, 6.45) is 0. The molecule has 0 aliphatic carbocycles. The lowest BCUT2D eigenvalue weighted by Crippen LogP contribution is -2.40. The average Bonchev–Trinajstić information content (AvgIpc) is 2.19. The number of rotatable bonds is 4. The average molecular weight is 221 g/mol. The van der Waals surface area contributed by atoms with Crippen LogP contribution in [0, 0.1) is 6.92 Å². The zero-order chi connectivity index (χ0) is 12.0. The van der Waals surface area contributed by atoms with Crippen LogP contribution in [0.15, 0.2) is 24.3 Å². The van der Waals surface area contributed by atoms with E-state index in [0.717, 1.165) is 11.1 Å². The maximum absolute atomic E-state index is 11.1. The van der Waals surface area contributed by atoms with E-state index < -0.39 is 11.9 Å². The van der Waals surface area contributed by atoms with Crippen molar-refractivity contribution in [3.05, 3.63) is 35.4 Å². The molecule has 1 rings (SSSR count). The maximum atomic E-state index is 11.1. The van der Waals surface area contributed by atoms with Gasteiger partial charge in [-0.3, -0.25) is 10.1 Å². The number of hydrogen-bond acceptors (Lipinski definition) is 3. The zero-order valence-corrected chi connectivity index (χ0v) is 9.12. The lowest BCUT2D eigenvalue weighted by Gasteiger charge is -2.06. The van der Waals surface area contributed by atoms with E-state index >= 15 is 0 Å². The van der Waals surface area contributed by atoms with Gasteiger partial charge in [0.2, 0.25) is 5.91 Å². The topological polar surface area (TPSA) is 84.2 Å². The van der Waals surface area contributed by atoms with Crippen LogP contribution in [-0.4, -0.2) is 18.5 Å². The predicted molar refractivity (Wildman–Crippen MR) is 60.6 cm³/mol. The summed E-state index contributed by atoms with van der Waals surface area (Å²) in [7, 11) is 0. The molecule has 0 aromatic heterocycles. The Hall–Kier alpha value is -1.88. The van der Waals surface area contributed by atoms with Crippen molar-refractivity contribution in [1.29, 1.82) is 0 Å². The zero-order valence-electron chi connectivity index (χ0n) is 9.12. The van der Waals surface area contributed by atoms with E-state index in [1.54, 1.807) is 0 Å². The van der Waals surface area contributed by atoms with E-state index in [1.165, 1.54) is 0 Å². The van der Waals surface area contributed by atoms with Crippen LogP contribution in [0.4, 0.5) is 4.79 Å². The molecule has 0 saturated carbocycles. The number of primary amides is 1. The number of carbonyl (C=O) groups is 2. The van der Waals surface area contributed by atoms with Gasteiger partial charge in [-0.15, -0.1) is 0 Å². The molecular weight excluding hydrogens is 206 g/mol. The van der Waals surface area contributed by atoms with E-state index in [9.17, 15) is 9.59 Å². The van der Waals surface area contributed by atoms with E-state index in [0.29, 0.717) is 6.54 Å². The first-order chi connectivity index (χ1) is 7.59. The maximum Gasteiger partial charge on any atom is 0.318 e. The molecule has 0 aliphatic heterocycles. The van der Waals surface area contributed by atoms with Crippen LogP contribution < -0.4 is 16.4 Å². The van der Waals surface area contributed by atoms with Crippen molar-refractivity contribution in [3.8, 4) is 0 Å². The molecule has 0 atom stereocenters. The number of nitrogens with one attached hydrogen (secondary N) is 2. The number of carbonyl (C=O) groups excluding carboxylic acids is 2. The number of urea groups is 1. The second-order valence-corrected chi connectivity index (χ2v) is 3.44. The first-order valence-electron chi connectivity index (χ1n) is 4.94. The first kappa shape index (κ1) is 12.2. The van der Waals surface area contributed by atoms with E-state index in [1.807, 2.05) is 36.5 Å². The lowest BCUT2D eigenvalue weighted by atomic mass is 10.1. The summed E-state index contributed by atoms with van der Waals surface area (Å²) >= 11 is 0. The quantitative estimate of drug-likeness (QED) is 0.682. The fraction of sp³-hybridized carbons (Fsp3) is 0.273. The van der Waals surface area contributed by atoms with Crippen LogP contribution in [0.5, 0.6) is 0 Å². The monoisotopic (exact) mass is 221 g/mol. The fourth-order valence-corrected chi connectivity index (χ4v) is 1.30. The normalized spacial score (nSPS) is 9.81. The van der Waals surface area contributed by atoms with Crippen molar-refractivity contribution in [1.82, 2.24) is 10.6 Å². The third-order valence-corrected chi connectivity index (χ3v) is 2.12. The SMILES string of the molecule is Cc1ccccc1CNCC(=O)NC(N)=O. The van der Waals surface area contributed by atoms with Crippen molar-refractivity contribution >= 4 is 11.9 Å².